The van der Waals surface area contributed by atoms with E-state index in [1.165, 1.54) is 11.8 Å². The number of hydrogen-bond donors (Lipinski definition) is 2. The number of nitrogens with zero attached hydrogens (tertiary/aromatic N) is 1. The second kappa shape index (κ2) is 5.11. The summed E-state index contributed by atoms with van der Waals surface area (Å²) in [6, 6.07) is 10.1. The van der Waals surface area contributed by atoms with E-state index in [4.69, 9.17) is 0 Å². The largest absolute Gasteiger partial charge is 0.352 e. The minimum absolute atomic E-state index is 0.0929. The molecular formula is C12H13N3O. The van der Waals surface area contributed by atoms with Crippen LogP contribution in [0.15, 0.2) is 42.7 Å². The van der Waals surface area contributed by atoms with Crippen molar-refractivity contribution in [1.82, 2.24) is 15.5 Å². The van der Waals surface area contributed by atoms with Gasteiger partial charge in [-0.05, 0) is 12.0 Å². The first-order valence-electron chi connectivity index (χ1n) is 5.17. The molecule has 4 nitrogen and oxygen atoms in total. The van der Waals surface area contributed by atoms with Crippen LogP contribution in [0, 0.1) is 0 Å². The molecule has 82 valence electrons. The molecule has 4 heteroatoms. The predicted molar refractivity (Wildman–Crippen MR) is 61.1 cm³/mol. The number of carbonyl (C=O) groups excluding carboxylic acids is 1. The maximum absolute atomic E-state index is 11.5. The predicted octanol–water partition coefficient (Wildman–Crippen LogP) is 1.38. The summed E-state index contributed by atoms with van der Waals surface area (Å²) < 4.78 is 0. The van der Waals surface area contributed by atoms with E-state index in [0.29, 0.717) is 12.1 Å². The quantitative estimate of drug-likeness (QED) is 0.809. The van der Waals surface area contributed by atoms with Crippen LogP contribution in [0.1, 0.15) is 15.9 Å². The molecule has 0 aliphatic carbocycles. The van der Waals surface area contributed by atoms with Gasteiger partial charge in [0.25, 0.3) is 5.91 Å². The normalized spacial score (nSPS) is 10.0. The number of hydrogen-bond acceptors (Lipinski definition) is 2. The van der Waals surface area contributed by atoms with Crippen LogP contribution in [-0.4, -0.2) is 22.6 Å². The Morgan fingerprint density at radius 3 is 2.81 bits per heavy atom. The van der Waals surface area contributed by atoms with E-state index in [9.17, 15) is 4.79 Å². The van der Waals surface area contributed by atoms with Gasteiger partial charge in [0.1, 0.15) is 0 Å². The minimum atomic E-state index is -0.0929. The van der Waals surface area contributed by atoms with Crippen molar-refractivity contribution in [2.24, 2.45) is 0 Å². The number of benzene rings is 1. The van der Waals surface area contributed by atoms with Crippen LogP contribution in [-0.2, 0) is 6.42 Å². The van der Waals surface area contributed by atoms with Gasteiger partial charge in [0, 0.05) is 12.7 Å². The van der Waals surface area contributed by atoms with Crippen molar-refractivity contribution >= 4 is 5.91 Å². The maximum atomic E-state index is 11.5. The van der Waals surface area contributed by atoms with Crippen molar-refractivity contribution < 1.29 is 4.79 Å². The van der Waals surface area contributed by atoms with E-state index in [0.717, 1.165) is 6.42 Å². The molecule has 1 heterocycles. The number of amides is 1. The minimum Gasteiger partial charge on any atom is -0.352 e. The summed E-state index contributed by atoms with van der Waals surface area (Å²) in [6.07, 6.45) is 3.93. The molecule has 1 amide bonds. The van der Waals surface area contributed by atoms with Crippen molar-refractivity contribution in [1.29, 1.82) is 0 Å². The molecule has 16 heavy (non-hydrogen) atoms. The van der Waals surface area contributed by atoms with Crippen LogP contribution in [0.5, 0.6) is 0 Å². The third kappa shape index (κ3) is 2.70. The SMILES string of the molecule is O=C(NCCc1ccccc1)c1cn[nH]c1. The van der Waals surface area contributed by atoms with Gasteiger partial charge in [0.15, 0.2) is 0 Å². The van der Waals surface area contributed by atoms with Crippen molar-refractivity contribution in [3.05, 3.63) is 53.9 Å². The van der Waals surface area contributed by atoms with Gasteiger partial charge in [-0.1, -0.05) is 30.3 Å². The standard InChI is InChI=1S/C12H13N3O/c16-12(11-8-14-15-9-11)13-7-6-10-4-2-1-3-5-10/h1-5,8-9H,6-7H2,(H,13,16)(H,14,15). The van der Waals surface area contributed by atoms with E-state index in [1.54, 1.807) is 6.20 Å². The van der Waals surface area contributed by atoms with E-state index >= 15 is 0 Å². The van der Waals surface area contributed by atoms with Crippen molar-refractivity contribution in [3.8, 4) is 0 Å². The van der Waals surface area contributed by atoms with Gasteiger partial charge in [-0.15, -0.1) is 0 Å². The first-order chi connectivity index (χ1) is 7.86. The fourth-order valence-electron chi connectivity index (χ4n) is 1.44. The summed E-state index contributed by atoms with van der Waals surface area (Å²) in [5.41, 5.74) is 1.78. The number of aromatic nitrogens is 2. The van der Waals surface area contributed by atoms with Gasteiger partial charge in [-0.25, -0.2) is 0 Å². The van der Waals surface area contributed by atoms with Crippen LogP contribution in [0.25, 0.3) is 0 Å². The molecule has 2 rings (SSSR count). The zero-order chi connectivity index (χ0) is 11.2. The molecule has 0 fully saturated rings. The molecule has 0 atom stereocenters. The molecule has 2 N–H and O–H groups in total. The number of rotatable bonds is 4. The lowest BCUT2D eigenvalue weighted by Crippen LogP contribution is -2.25. The first-order valence-corrected chi connectivity index (χ1v) is 5.17. The Kier molecular flexibility index (Phi) is 3.33. The van der Waals surface area contributed by atoms with Crippen LogP contribution in [0.2, 0.25) is 0 Å². The Hall–Kier alpha value is -2.10. The van der Waals surface area contributed by atoms with Gasteiger partial charge in [0.05, 0.1) is 11.8 Å². The highest BCUT2D eigenvalue weighted by Crippen LogP contribution is 1.99. The van der Waals surface area contributed by atoms with E-state index in [-0.39, 0.29) is 5.91 Å². The summed E-state index contributed by atoms with van der Waals surface area (Å²) in [4.78, 5) is 11.5. The van der Waals surface area contributed by atoms with E-state index in [1.807, 2.05) is 30.3 Å². The number of aromatic amines is 1. The molecule has 0 aliphatic rings. The van der Waals surface area contributed by atoms with Gasteiger partial charge in [-0.2, -0.15) is 5.10 Å². The molecule has 0 saturated carbocycles. The third-order valence-corrected chi connectivity index (χ3v) is 2.30. The van der Waals surface area contributed by atoms with E-state index in [2.05, 4.69) is 15.5 Å². The molecule has 0 aliphatic heterocycles. The Bertz CT molecular complexity index is 437. The van der Waals surface area contributed by atoms with Gasteiger partial charge in [0.2, 0.25) is 0 Å². The molecule has 0 unspecified atom stereocenters. The lowest BCUT2D eigenvalue weighted by atomic mass is 10.1. The van der Waals surface area contributed by atoms with Gasteiger partial charge < -0.3 is 5.32 Å². The number of nitrogens with one attached hydrogen (secondary N) is 2. The average Bonchev–Trinajstić information content (AvgIpc) is 2.84. The Morgan fingerprint density at radius 2 is 2.12 bits per heavy atom. The smallest absolute Gasteiger partial charge is 0.254 e. The summed E-state index contributed by atoms with van der Waals surface area (Å²) in [5.74, 6) is -0.0929. The number of carbonyl (C=O) groups is 1. The molecule has 0 bridgehead atoms. The summed E-state index contributed by atoms with van der Waals surface area (Å²) in [6.45, 7) is 0.633. The van der Waals surface area contributed by atoms with E-state index < -0.39 is 0 Å². The van der Waals surface area contributed by atoms with Crippen LogP contribution >= 0.6 is 0 Å². The van der Waals surface area contributed by atoms with Gasteiger partial charge >= 0.3 is 0 Å². The van der Waals surface area contributed by atoms with Crippen molar-refractivity contribution in [2.45, 2.75) is 6.42 Å². The average molecular weight is 215 g/mol. The second-order valence-corrected chi connectivity index (χ2v) is 3.48. The first kappa shape index (κ1) is 10.4. The second-order valence-electron chi connectivity index (χ2n) is 3.48. The van der Waals surface area contributed by atoms with Crippen LogP contribution in [0.3, 0.4) is 0 Å². The monoisotopic (exact) mass is 215 g/mol. The molecule has 0 radical (unpaired) electrons. The fourth-order valence-corrected chi connectivity index (χ4v) is 1.44. The molecule has 1 aromatic heterocycles. The Morgan fingerprint density at radius 1 is 1.31 bits per heavy atom. The summed E-state index contributed by atoms with van der Waals surface area (Å²) >= 11 is 0. The summed E-state index contributed by atoms with van der Waals surface area (Å²) in [5, 5.41) is 9.17. The maximum Gasteiger partial charge on any atom is 0.254 e. The number of H-pyrrole nitrogens is 1. The summed E-state index contributed by atoms with van der Waals surface area (Å²) in [7, 11) is 0. The van der Waals surface area contributed by atoms with Crippen LogP contribution < -0.4 is 5.32 Å². The van der Waals surface area contributed by atoms with Crippen molar-refractivity contribution in [3.63, 3.8) is 0 Å². The third-order valence-electron chi connectivity index (χ3n) is 2.30. The Labute approximate surface area is 93.7 Å². The zero-order valence-corrected chi connectivity index (χ0v) is 8.81. The molecule has 0 saturated heterocycles. The van der Waals surface area contributed by atoms with Crippen molar-refractivity contribution in [2.75, 3.05) is 6.54 Å². The molecule has 1 aromatic carbocycles. The highest BCUT2D eigenvalue weighted by atomic mass is 16.1. The van der Waals surface area contributed by atoms with Crippen LogP contribution in [0.4, 0.5) is 0 Å². The molecule has 2 aromatic rings. The fraction of sp³-hybridized carbons (Fsp3) is 0.167. The molecule has 0 spiro atoms. The lowest BCUT2D eigenvalue weighted by Gasteiger charge is -2.03. The Balaban J connectivity index is 1.79. The lowest BCUT2D eigenvalue weighted by molar-refractivity contribution is 0.0954. The zero-order valence-electron chi connectivity index (χ0n) is 8.81. The molecular weight excluding hydrogens is 202 g/mol. The highest BCUT2D eigenvalue weighted by molar-refractivity contribution is 5.93. The topological polar surface area (TPSA) is 57.8 Å². The highest BCUT2D eigenvalue weighted by Gasteiger charge is 2.04. The van der Waals surface area contributed by atoms with Gasteiger partial charge in [-0.3, -0.25) is 9.89 Å².